The van der Waals surface area contributed by atoms with Gasteiger partial charge in [0, 0.05) is 0 Å². The molecule has 0 nitrogen and oxygen atoms in total. The molecule has 0 rings (SSSR count). The van der Waals surface area contributed by atoms with E-state index in [-0.39, 0.29) is 0 Å². The van der Waals surface area contributed by atoms with Crippen molar-refractivity contribution in [3.63, 3.8) is 0 Å². The number of rotatable bonds is 6. The first kappa shape index (κ1) is 19.0. The molecule has 0 aromatic heterocycles. The highest BCUT2D eigenvalue weighted by atomic mass is 14.1. The third kappa shape index (κ3) is 10.8. The zero-order chi connectivity index (χ0) is 15.8. The smallest absolute Gasteiger partial charge is 0.00949 e. The number of allylic oxidation sites excluding steroid dienone is 8. The van der Waals surface area contributed by atoms with Gasteiger partial charge in [0.2, 0.25) is 0 Å². The molecule has 0 aliphatic rings. The molecule has 0 heteroatoms. The standard InChI is InChI=1S/C20H34/c1-16(2)12-13-19(18(5)15-17(3)4)11-9-10-14-20(6,7)8/h9-10,12-13,15-16H,11,14H2,1-8H3/b10-9+,13-12+,19-18-. The van der Waals surface area contributed by atoms with Gasteiger partial charge < -0.3 is 0 Å². The molecule has 0 radical (unpaired) electrons. The normalized spacial score (nSPS) is 14.2. The van der Waals surface area contributed by atoms with Gasteiger partial charge in [-0.3, -0.25) is 0 Å². The van der Waals surface area contributed by atoms with Gasteiger partial charge in [0.05, 0.1) is 0 Å². The Morgan fingerprint density at radius 3 is 2.05 bits per heavy atom. The van der Waals surface area contributed by atoms with Gasteiger partial charge in [-0.2, -0.15) is 0 Å². The van der Waals surface area contributed by atoms with Crippen molar-refractivity contribution in [2.45, 2.75) is 68.2 Å². The van der Waals surface area contributed by atoms with Crippen LogP contribution in [0.3, 0.4) is 0 Å². The van der Waals surface area contributed by atoms with Crippen LogP contribution in [0.2, 0.25) is 0 Å². The van der Waals surface area contributed by atoms with Crippen LogP contribution in [0.4, 0.5) is 0 Å². The van der Waals surface area contributed by atoms with Crippen LogP contribution in [0.15, 0.2) is 47.1 Å². The second-order valence-electron chi connectivity index (χ2n) is 7.47. The Balaban J connectivity index is 4.93. The minimum atomic E-state index is 0.378. The summed E-state index contributed by atoms with van der Waals surface area (Å²) in [6, 6.07) is 0. The van der Waals surface area contributed by atoms with E-state index in [0.29, 0.717) is 11.3 Å². The van der Waals surface area contributed by atoms with Crippen LogP contribution in [-0.2, 0) is 0 Å². The van der Waals surface area contributed by atoms with Crippen LogP contribution in [0.1, 0.15) is 68.2 Å². The summed E-state index contributed by atoms with van der Waals surface area (Å²) in [4.78, 5) is 0. The van der Waals surface area contributed by atoms with Gasteiger partial charge in [-0.05, 0) is 56.1 Å². The molecule has 0 spiro atoms. The lowest BCUT2D eigenvalue weighted by molar-refractivity contribution is 0.420. The van der Waals surface area contributed by atoms with Crippen LogP contribution < -0.4 is 0 Å². The molecule has 0 aromatic rings. The maximum atomic E-state index is 2.32. The summed E-state index contributed by atoms with van der Waals surface area (Å²) in [5.74, 6) is 0.600. The van der Waals surface area contributed by atoms with Crippen LogP contribution in [-0.4, -0.2) is 0 Å². The van der Waals surface area contributed by atoms with E-state index >= 15 is 0 Å². The van der Waals surface area contributed by atoms with Crippen molar-refractivity contribution in [3.8, 4) is 0 Å². The predicted molar refractivity (Wildman–Crippen MR) is 93.9 cm³/mol. The summed E-state index contributed by atoms with van der Waals surface area (Å²) in [5, 5.41) is 0. The second kappa shape index (κ2) is 9.00. The molecule has 0 aliphatic heterocycles. The van der Waals surface area contributed by atoms with E-state index in [4.69, 9.17) is 0 Å². The van der Waals surface area contributed by atoms with Gasteiger partial charge in [0.25, 0.3) is 0 Å². The Hall–Kier alpha value is -1.04. The molecule has 0 atom stereocenters. The predicted octanol–water partition coefficient (Wildman–Crippen LogP) is 6.86. The lowest BCUT2D eigenvalue weighted by Gasteiger charge is -2.14. The molecule has 0 N–H and O–H groups in total. The van der Waals surface area contributed by atoms with Gasteiger partial charge in [0.1, 0.15) is 0 Å². The van der Waals surface area contributed by atoms with Crippen molar-refractivity contribution < 1.29 is 0 Å². The quantitative estimate of drug-likeness (QED) is 0.366. The third-order valence-corrected chi connectivity index (χ3v) is 2.93. The summed E-state index contributed by atoms with van der Waals surface area (Å²) in [6.07, 6.45) is 13.6. The Kier molecular flexibility index (Phi) is 8.53. The van der Waals surface area contributed by atoms with E-state index in [0.717, 1.165) is 12.8 Å². The van der Waals surface area contributed by atoms with Crippen molar-refractivity contribution in [2.24, 2.45) is 11.3 Å². The van der Waals surface area contributed by atoms with Gasteiger partial charge in [0.15, 0.2) is 0 Å². The van der Waals surface area contributed by atoms with E-state index in [1.165, 1.54) is 16.7 Å². The Labute approximate surface area is 127 Å². The average Bonchev–Trinajstić information content (AvgIpc) is 2.24. The molecule has 0 amide bonds. The minimum absolute atomic E-state index is 0.378. The molecule has 0 aromatic carbocycles. The van der Waals surface area contributed by atoms with Crippen molar-refractivity contribution in [3.05, 3.63) is 47.1 Å². The molecule has 0 heterocycles. The SMILES string of the molecule is CC(C)=C/C(C)=C(\C=C\C(C)C)C/C=C/CC(C)(C)C. The van der Waals surface area contributed by atoms with Gasteiger partial charge in [-0.15, -0.1) is 0 Å². The Bertz CT molecular complexity index is 388. The summed E-state index contributed by atoms with van der Waals surface area (Å²) in [5.41, 5.74) is 4.53. The fourth-order valence-electron chi connectivity index (χ4n) is 1.84. The molecule has 0 fully saturated rings. The molecule has 0 saturated carbocycles. The van der Waals surface area contributed by atoms with Crippen LogP contribution >= 0.6 is 0 Å². The molecule has 114 valence electrons. The first-order valence-corrected chi connectivity index (χ1v) is 7.79. The van der Waals surface area contributed by atoms with Gasteiger partial charge in [-0.1, -0.05) is 70.6 Å². The maximum Gasteiger partial charge on any atom is -0.00949 e. The fourth-order valence-corrected chi connectivity index (χ4v) is 1.84. The van der Waals surface area contributed by atoms with Crippen molar-refractivity contribution >= 4 is 0 Å². The van der Waals surface area contributed by atoms with E-state index in [2.05, 4.69) is 85.8 Å². The van der Waals surface area contributed by atoms with Gasteiger partial charge in [-0.25, -0.2) is 0 Å². The summed E-state index contributed by atoms with van der Waals surface area (Å²) < 4.78 is 0. The van der Waals surface area contributed by atoms with E-state index < -0.39 is 0 Å². The molecule has 0 saturated heterocycles. The zero-order valence-corrected chi connectivity index (χ0v) is 14.9. The molecular formula is C20H34. The number of hydrogen-bond acceptors (Lipinski definition) is 0. The molecule has 20 heavy (non-hydrogen) atoms. The Morgan fingerprint density at radius 2 is 1.60 bits per heavy atom. The van der Waals surface area contributed by atoms with E-state index in [1.807, 2.05) is 0 Å². The highest BCUT2D eigenvalue weighted by Gasteiger charge is 2.06. The summed E-state index contributed by atoms with van der Waals surface area (Å²) >= 11 is 0. The highest BCUT2D eigenvalue weighted by molar-refractivity contribution is 5.34. The monoisotopic (exact) mass is 274 g/mol. The first-order chi connectivity index (χ1) is 9.11. The maximum absolute atomic E-state index is 2.32. The van der Waals surface area contributed by atoms with Crippen LogP contribution in [0.5, 0.6) is 0 Å². The van der Waals surface area contributed by atoms with Crippen molar-refractivity contribution in [2.75, 3.05) is 0 Å². The topological polar surface area (TPSA) is 0 Å². The highest BCUT2D eigenvalue weighted by Crippen LogP contribution is 2.20. The minimum Gasteiger partial charge on any atom is -0.0877 e. The number of hydrogen-bond donors (Lipinski definition) is 0. The molecular weight excluding hydrogens is 240 g/mol. The third-order valence-electron chi connectivity index (χ3n) is 2.93. The zero-order valence-electron chi connectivity index (χ0n) is 14.9. The van der Waals surface area contributed by atoms with E-state index in [1.54, 1.807) is 0 Å². The lowest BCUT2D eigenvalue weighted by atomic mass is 9.92. The molecule has 0 bridgehead atoms. The summed E-state index contributed by atoms with van der Waals surface area (Å²) in [7, 11) is 0. The van der Waals surface area contributed by atoms with Crippen molar-refractivity contribution in [1.82, 2.24) is 0 Å². The fraction of sp³-hybridized carbons (Fsp3) is 0.600. The van der Waals surface area contributed by atoms with Crippen molar-refractivity contribution in [1.29, 1.82) is 0 Å². The summed E-state index contributed by atoms with van der Waals surface area (Å²) in [6.45, 7) is 17.8. The second-order valence-corrected chi connectivity index (χ2v) is 7.47. The van der Waals surface area contributed by atoms with Crippen LogP contribution in [0.25, 0.3) is 0 Å². The van der Waals surface area contributed by atoms with Gasteiger partial charge >= 0.3 is 0 Å². The largest absolute Gasteiger partial charge is 0.0877 e. The average molecular weight is 274 g/mol. The van der Waals surface area contributed by atoms with Crippen LogP contribution in [0, 0.1) is 11.3 Å². The first-order valence-electron chi connectivity index (χ1n) is 7.79. The van der Waals surface area contributed by atoms with E-state index in [9.17, 15) is 0 Å². The lowest BCUT2D eigenvalue weighted by Crippen LogP contribution is -2.01. The molecule has 0 unspecified atom stereocenters. The molecule has 0 aliphatic carbocycles. The Morgan fingerprint density at radius 1 is 1.00 bits per heavy atom.